The van der Waals surface area contributed by atoms with Crippen molar-refractivity contribution >= 4 is 28.9 Å². The van der Waals surface area contributed by atoms with Crippen LogP contribution in [0.1, 0.15) is 15.9 Å². The van der Waals surface area contributed by atoms with Crippen molar-refractivity contribution in [3.8, 4) is 0 Å². The molecule has 0 unspecified atom stereocenters. The highest BCUT2D eigenvalue weighted by Crippen LogP contribution is 2.22. The summed E-state index contributed by atoms with van der Waals surface area (Å²) in [5, 5.41) is 3.86. The predicted molar refractivity (Wildman–Crippen MR) is 96.7 cm³/mol. The smallest absolute Gasteiger partial charge is 0.340 e. The van der Waals surface area contributed by atoms with Gasteiger partial charge in [0, 0.05) is 10.7 Å². The van der Waals surface area contributed by atoms with Gasteiger partial charge in [0.25, 0.3) is 0 Å². The molecule has 0 saturated carbocycles. The fraction of sp³-hybridized carbons (Fsp3) is 0.0500. The Labute approximate surface area is 145 Å². The van der Waals surface area contributed by atoms with Gasteiger partial charge in [-0.25, -0.2) is 4.79 Å². The molecule has 0 bridgehead atoms. The number of anilines is 2. The molecular weight excluding hydrogens is 322 g/mol. The van der Waals surface area contributed by atoms with Gasteiger partial charge in [-0.3, -0.25) is 0 Å². The molecular formula is C20H16ClNO2. The topological polar surface area (TPSA) is 38.3 Å². The van der Waals surface area contributed by atoms with E-state index in [2.05, 4.69) is 5.32 Å². The molecule has 120 valence electrons. The zero-order valence-electron chi connectivity index (χ0n) is 12.9. The standard InChI is InChI=1S/C20H16ClNO2/c21-16-8-6-7-15(13-16)14-24-20(23)18-11-4-5-12-19(18)22-17-9-2-1-3-10-17/h1-13,22H,14H2. The quantitative estimate of drug-likeness (QED) is 0.630. The predicted octanol–water partition coefficient (Wildman–Crippen LogP) is 5.44. The maximum Gasteiger partial charge on any atom is 0.340 e. The number of hydrogen-bond acceptors (Lipinski definition) is 3. The Morgan fingerprint density at radius 3 is 2.46 bits per heavy atom. The second-order valence-corrected chi connectivity index (χ2v) is 5.68. The molecule has 4 heteroatoms. The zero-order chi connectivity index (χ0) is 16.8. The number of rotatable bonds is 5. The average molecular weight is 338 g/mol. The van der Waals surface area contributed by atoms with Crippen molar-refractivity contribution in [2.75, 3.05) is 5.32 Å². The van der Waals surface area contributed by atoms with E-state index < -0.39 is 0 Å². The number of ether oxygens (including phenoxy) is 1. The summed E-state index contributed by atoms with van der Waals surface area (Å²) in [6.07, 6.45) is 0. The van der Waals surface area contributed by atoms with Crippen molar-refractivity contribution in [3.63, 3.8) is 0 Å². The fourth-order valence-corrected chi connectivity index (χ4v) is 2.51. The van der Waals surface area contributed by atoms with Crippen LogP contribution in [0, 0.1) is 0 Å². The van der Waals surface area contributed by atoms with E-state index in [-0.39, 0.29) is 12.6 Å². The Hall–Kier alpha value is -2.78. The maximum absolute atomic E-state index is 12.4. The molecule has 3 aromatic rings. The zero-order valence-corrected chi connectivity index (χ0v) is 13.7. The van der Waals surface area contributed by atoms with Crippen LogP contribution in [0.3, 0.4) is 0 Å². The molecule has 0 heterocycles. The van der Waals surface area contributed by atoms with E-state index in [1.807, 2.05) is 60.7 Å². The molecule has 3 rings (SSSR count). The first-order valence-corrected chi connectivity index (χ1v) is 7.93. The second kappa shape index (κ2) is 7.66. The summed E-state index contributed by atoms with van der Waals surface area (Å²) in [5.74, 6) is -0.381. The van der Waals surface area contributed by atoms with E-state index in [1.54, 1.807) is 18.2 Å². The van der Waals surface area contributed by atoms with Gasteiger partial charge < -0.3 is 10.1 Å². The van der Waals surface area contributed by atoms with Crippen LogP contribution in [0.5, 0.6) is 0 Å². The monoisotopic (exact) mass is 337 g/mol. The van der Waals surface area contributed by atoms with E-state index in [9.17, 15) is 4.79 Å². The van der Waals surface area contributed by atoms with Crippen molar-refractivity contribution in [1.29, 1.82) is 0 Å². The molecule has 0 aliphatic heterocycles. The molecule has 0 saturated heterocycles. The lowest BCUT2D eigenvalue weighted by Gasteiger charge is -2.12. The van der Waals surface area contributed by atoms with Crippen molar-refractivity contribution in [1.82, 2.24) is 0 Å². The van der Waals surface area contributed by atoms with Crippen LogP contribution in [-0.2, 0) is 11.3 Å². The molecule has 0 radical (unpaired) electrons. The fourth-order valence-electron chi connectivity index (χ4n) is 2.30. The summed E-state index contributed by atoms with van der Waals surface area (Å²) in [4.78, 5) is 12.4. The van der Waals surface area contributed by atoms with Gasteiger partial charge in [0.2, 0.25) is 0 Å². The van der Waals surface area contributed by atoms with E-state index in [1.165, 1.54) is 0 Å². The van der Waals surface area contributed by atoms with Crippen LogP contribution in [0.15, 0.2) is 78.9 Å². The third-order valence-electron chi connectivity index (χ3n) is 3.46. The van der Waals surface area contributed by atoms with Crippen LogP contribution in [-0.4, -0.2) is 5.97 Å². The van der Waals surface area contributed by atoms with Crippen molar-refractivity contribution in [2.24, 2.45) is 0 Å². The maximum atomic E-state index is 12.4. The molecule has 0 amide bonds. The summed E-state index contributed by atoms with van der Waals surface area (Å²) in [6, 6.07) is 24.2. The summed E-state index contributed by atoms with van der Waals surface area (Å²) in [5.41, 5.74) is 2.96. The van der Waals surface area contributed by atoms with Gasteiger partial charge in [-0.15, -0.1) is 0 Å². The Morgan fingerprint density at radius 2 is 1.67 bits per heavy atom. The van der Waals surface area contributed by atoms with E-state index in [0.717, 1.165) is 11.3 Å². The Morgan fingerprint density at radius 1 is 0.917 bits per heavy atom. The van der Waals surface area contributed by atoms with Crippen molar-refractivity contribution in [3.05, 3.63) is 95.0 Å². The van der Waals surface area contributed by atoms with Crippen LogP contribution in [0.2, 0.25) is 5.02 Å². The lowest BCUT2D eigenvalue weighted by Crippen LogP contribution is -2.08. The Bertz CT molecular complexity index is 834. The molecule has 3 aromatic carbocycles. The molecule has 3 nitrogen and oxygen atoms in total. The molecule has 1 N–H and O–H groups in total. The second-order valence-electron chi connectivity index (χ2n) is 5.24. The highest BCUT2D eigenvalue weighted by Gasteiger charge is 2.12. The van der Waals surface area contributed by atoms with Gasteiger partial charge in [0.15, 0.2) is 0 Å². The first-order chi connectivity index (χ1) is 11.7. The van der Waals surface area contributed by atoms with Gasteiger partial charge in [-0.05, 0) is 42.0 Å². The first kappa shape index (κ1) is 16.1. The highest BCUT2D eigenvalue weighted by atomic mass is 35.5. The molecule has 0 aliphatic rings. The Kier molecular flexibility index (Phi) is 5.14. The van der Waals surface area contributed by atoms with E-state index >= 15 is 0 Å². The number of para-hydroxylation sites is 2. The molecule has 0 atom stereocenters. The number of esters is 1. The summed E-state index contributed by atoms with van der Waals surface area (Å²) >= 11 is 5.94. The highest BCUT2D eigenvalue weighted by molar-refractivity contribution is 6.30. The van der Waals surface area contributed by atoms with Crippen LogP contribution >= 0.6 is 11.6 Å². The van der Waals surface area contributed by atoms with Gasteiger partial charge in [-0.2, -0.15) is 0 Å². The third-order valence-corrected chi connectivity index (χ3v) is 3.69. The number of hydrogen-bond donors (Lipinski definition) is 1. The molecule has 0 aliphatic carbocycles. The molecule has 24 heavy (non-hydrogen) atoms. The Balaban J connectivity index is 1.73. The minimum Gasteiger partial charge on any atom is -0.457 e. The first-order valence-electron chi connectivity index (χ1n) is 7.55. The summed E-state index contributed by atoms with van der Waals surface area (Å²) < 4.78 is 5.41. The van der Waals surface area contributed by atoms with E-state index in [4.69, 9.17) is 16.3 Å². The number of nitrogens with one attached hydrogen (secondary N) is 1. The summed E-state index contributed by atoms with van der Waals surface area (Å²) in [6.45, 7) is 0.180. The number of carbonyl (C=O) groups excluding carboxylic acids is 1. The van der Waals surface area contributed by atoms with Gasteiger partial charge in [-0.1, -0.05) is 54.1 Å². The van der Waals surface area contributed by atoms with Gasteiger partial charge >= 0.3 is 5.97 Å². The lowest BCUT2D eigenvalue weighted by molar-refractivity contribution is 0.0474. The third kappa shape index (κ3) is 4.15. The summed E-state index contributed by atoms with van der Waals surface area (Å²) in [7, 11) is 0. The number of carbonyl (C=O) groups is 1. The van der Waals surface area contributed by atoms with Crippen molar-refractivity contribution < 1.29 is 9.53 Å². The van der Waals surface area contributed by atoms with Crippen molar-refractivity contribution in [2.45, 2.75) is 6.61 Å². The van der Waals surface area contributed by atoms with Crippen LogP contribution in [0.4, 0.5) is 11.4 Å². The normalized spacial score (nSPS) is 10.2. The molecule has 0 spiro atoms. The van der Waals surface area contributed by atoms with Crippen LogP contribution in [0.25, 0.3) is 0 Å². The molecule has 0 aromatic heterocycles. The average Bonchev–Trinajstić information content (AvgIpc) is 2.61. The van der Waals surface area contributed by atoms with Gasteiger partial charge in [0.05, 0.1) is 11.3 Å². The lowest BCUT2D eigenvalue weighted by atomic mass is 10.1. The van der Waals surface area contributed by atoms with E-state index in [0.29, 0.717) is 16.3 Å². The van der Waals surface area contributed by atoms with Gasteiger partial charge in [0.1, 0.15) is 6.61 Å². The number of halogens is 1. The molecule has 0 fully saturated rings. The SMILES string of the molecule is O=C(OCc1cccc(Cl)c1)c1ccccc1Nc1ccccc1. The minimum atomic E-state index is -0.381. The minimum absolute atomic E-state index is 0.180. The van der Waals surface area contributed by atoms with Crippen LogP contribution < -0.4 is 5.32 Å². The largest absolute Gasteiger partial charge is 0.457 e. The number of benzene rings is 3.